The summed E-state index contributed by atoms with van der Waals surface area (Å²) in [6, 6.07) is 15.8. The molecule has 6 heteroatoms. The Kier molecular flexibility index (Phi) is 5.16. The van der Waals surface area contributed by atoms with E-state index in [2.05, 4.69) is 10.5 Å². The number of nitrogens with one attached hydrogen (secondary N) is 1. The predicted molar refractivity (Wildman–Crippen MR) is 97.5 cm³/mol. The van der Waals surface area contributed by atoms with E-state index in [-0.39, 0.29) is 5.76 Å². The second-order valence-corrected chi connectivity index (χ2v) is 5.68. The largest absolute Gasteiger partial charge is 0.457 e. The monoisotopic (exact) mass is 354 g/mol. The van der Waals surface area contributed by atoms with Gasteiger partial charge in [-0.05, 0) is 54.4 Å². The SMILES string of the molecule is Cc1ccc(NN=Cc2cccc(OC(=O)c3ccco3)c2)cc1Cl. The highest BCUT2D eigenvalue weighted by Gasteiger charge is 2.11. The summed E-state index contributed by atoms with van der Waals surface area (Å²) in [6.07, 6.45) is 3.04. The number of carbonyl (C=O) groups excluding carboxylic acids is 1. The van der Waals surface area contributed by atoms with Gasteiger partial charge in [0.05, 0.1) is 18.2 Å². The average Bonchev–Trinajstić information content (AvgIpc) is 3.13. The quantitative estimate of drug-likeness (QED) is 0.306. The topological polar surface area (TPSA) is 63.8 Å². The number of nitrogens with zero attached hydrogens (tertiary/aromatic N) is 1. The normalized spacial score (nSPS) is 10.8. The van der Waals surface area contributed by atoms with Crippen LogP contribution in [0, 0.1) is 6.92 Å². The predicted octanol–water partition coefficient (Wildman–Crippen LogP) is 4.91. The van der Waals surface area contributed by atoms with Crippen LogP contribution in [-0.2, 0) is 0 Å². The number of hydrogen-bond acceptors (Lipinski definition) is 5. The Morgan fingerprint density at radius 1 is 1.20 bits per heavy atom. The van der Waals surface area contributed by atoms with Gasteiger partial charge in [0.25, 0.3) is 0 Å². The maximum atomic E-state index is 11.9. The molecular weight excluding hydrogens is 340 g/mol. The summed E-state index contributed by atoms with van der Waals surface area (Å²) in [5.41, 5.74) is 5.47. The summed E-state index contributed by atoms with van der Waals surface area (Å²) >= 11 is 6.07. The number of furan rings is 1. The molecule has 126 valence electrons. The van der Waals surface area contributed by atoms with Crippen LogP contribution in [0.15, 0.2) is 70.4 Å². The van der Waals surface area contributed by atoms with Crippen LogP contribution in [0.5, 0.6) is 5.75 Å². The van der Waals surface area contributed by atoms with E-state index in [0.29, 0.717) is 10.8 Å². The Morgan fingerprint density at radius 3 is 2.84 bits per heavy atom. The molecule has 0 bridgehead atoms. The van der Waals surface area contributed by atoms with Crippen LogP contribution in [0.25, 0.3) is 0 Å². The number of anilines is 1. The Bertz CT molecular complexity index is 905. The Morgan fingerprint density at radius 2 is 2.08 bits per heavy atom. The number of hydrazone groups is 1. The van der Waals surface area contributed by atoms with Gasteiger partial charge in [0.1, 0.15) is 5.75 Å². The van der Waals surface area contributed by atoms with Crippen LogP contribution in [-0.4, -0.2) is 12.2 Å². The highest BCUT2D eigenvalue weighted by atomic mass is 35.5. The maximum Gasteiger partial charge on any atom is 0.379 e. The summed E-state index contributed by atoms with van der Waals surface area (Å²) < 4.78 is 10.3. The highest BCUT2D eigenvalue weighted by molar-refractivity contribution is 6.31. The number of ether oxygens (including phenoxy) is 1. The van der Waals surface area contributed by atoms with Crippen LogP contribution < -0.4 is 10.2 Å². The van der Waals surface area contributed by atoms with Crippen molar-refractivity contribution in [3.05, 3.63) is 82.8 Å². The average molecular weight is 355 g/mol. The Hall–Kier alpha value is -3.05. The van der Waals surface area contributed by atoms with Crippen molar-refractivity contribution in [2.45, 2.75) is 6.92 Å². The molecule has 0 atom stereocenters. The molecule has 0 spiro atoms. The van der Waals surface area contributed by atoms with Crippen molar-refractivity contribution in [2.75, 3.05) is 5.43 Å². The number of halogens is 1. The molecule has 1 heterocycles. The van der Waals surface area contributed by atoms with E-state index in [9.17, 15) is 4.79 Å². The third kappa shape index (κ3) is 4.49. The molecule has 2 aromatic carbocycles. The lowest BCUT2D eigenvalue weighted by atomic mass is 10.2. The summed E-state index contributed by atoms with van der Waals surface area (Å²) in [4.78, 5) is 11.9. The first-order valence-corrected chi connectivity index (χ1v) is 7.90. The molecule has 0 aliphatic heterocycles. The fourth-order valence-corrected chi connectivity index (χ4v) is 2.23. The lowest BCUT2D eigenvalue weighted by Crippen LogP contribution is -2.07. The maximum absolute atomic E-state index is 11.9. The van der Waals surface area contributed by atoms with Crippen molar-refractivity contribution in [1.29, 1.82) is 0 Å². The molecule has 0 fully saturated rings. The van der Waals surface area contributed by atoms with E-state index in [4.69, 9.17) is 20.8 Å². The zero-order chi connectivity index (χ0) is 17.6. The third-order valence-electron chi connectivity index (χ3n) is 3.37. The smallest absolute Gasteiger partial charge is 0.379 e. The van der Waals surface area contributed by atoms with Crippen LogP contribution >= 0.6 is 11.6 Å². The molecule has 1 N–H and O–H groups in total. The first kappa shape index (κ1) is 16.8. The minimum absolute atomic E-state index is 0.150. The van der Waals surface area contributed by atoms with Gasteiger partial charge in [0.15, 0.2) is 0 Å². The van der Waals surface area contributed by atoms with Crippen LogP contribution in [0.3, 0.4) is 0 Å². The summed E-state index contributed by atoms with van der Waals surface area (Å²) in [5, 5.41) is 4.83. The van der Waals surface area contributed by atoms with Crippen LogP contribution in [0.4, 0.5) is 5.69 Å². The lowest BCUT2D eigenvalue weighted by molar-refractivity contribution is 0.0701. The standard InChI is InChI=1S/C19H15ClN2O3/c1-13-7-8-15(11-17(13)20)22-21-12-14-4-2-5-16(10-14)25-19(23)18-6-3-9-24-18/h2-12,22H,1H3. The van der Waals surface area contributed by atoms with Crippen LogP contribution in [0.2, 0.25) is 5.02 Å². The molecule has 0 aliphatic rings. The van der Waals surface area contributed by atoms with Crippen molar-refractivity contribution in [2.24, 2.45) is 5.10 Å². The molecule has 1 aromatic heterocycles. The minimum Gasteiger partial charge on any atom is -0.457 e. The van der Waals surface area contributed by atoms with Crippen molar-refractivity contribution in [3.8, 4) is 5.75 Å². The zero-order valence-electron chi connectivity index (χ0n) is 13.4. The molecule has 0 aliphatic carbocycles. The van der Waals surface area contributed by atoms with E-state index >= 15 is 0 Å². The molecule has 0 unspecified atom stereocenters. The van der Waals surface area contributed by atoms with Gasteiger partial charge in [0.2, 0.25) is 5.76 Å². The fraction of sp³-hybridized carbons (Fsp3) is 0.0526. The third-order valence-corrected chi connectivity index (χ3v) is 3.78. The molecule has 0 saturated heterocycles. The van der Waals surface area contributed by atoms with E-state index in [0.717, 1.165) is 16.8 Å². The van der Waals surface area contributed by atoms with Gasteiger partial charge in [0, 0.05) is 5.02 Å². The van der Waals surface area contributed by atoms with E-state index in [1.54, 1.807) is 42.6 Å². The fourth-order valence-electron chi connectivity index (χ4n) is 2.05. The Balaban J connectivity index is 1.64. The van der Waals surface area contributed by atoms with Gasteiger partial charge in [-0.2, -0.15) is 5.10 Å². The molecule has 0 radical (unpaired) electrons. The number of carbonyl (C=O) groups is 1. The second-order valence-electron chi connectivity index (χ2n) is 5.27. The molecular formula is C19H15ClN2O3. The number of aryl methyl sites for hydroxylation is 1. The minimum atomic E-state index is -0.550. The van der Waals surface area contributed by atoms with Gasteiger partial charge in [-0.25, -0.2) is 4.79 Å². The second kappa shape index (κ2) is 7.68. The first-order chi connectivity index (χ1) is 12.1. The summed E-state index contributed by atoms with van der Waals surface area (Å²) in [5.74, 6) is 0.00669. The van der Waals surface area contributed by atoms with Gasteiger partial charge < -0.3 is 9.15 Å². The Labute approximate surface area is 149 Å². The van der Waals surface area contributed by atoms with E-state index in [1.165, 1.54) is 6.26 Å². The zero-order valence-corrected chi connectivity index (χ0v) is 14.2. The lowest BCUT2D eigenvalue weighted by Gasteiger charge is -2.04. The van der Waals surface area contributed by atoms with Crippen molar-refractivity contribution < 1.29 is 13.9 Å². The molecule has 0 amide bonds. The molecule has 25 heavy (non-hydrogen) atoms. The van der Waals surface area contributed by atoms with Gasteiger partial charge in [-0.15, -0.1) is 0 Å². The molecule has 3 aromatic rings. The molecule has 5 nitrogen and oxygen atoms in total. The van der Waals surface area contributed by atoms with Gasteiger partial charge >= 0.3 is 5.97 Å². The number of esters is 1. The molecule has 0 saturated carbocycles. The number of rotatable bonds is 5. The van der Waals surface area contributed by atoms with Crippen molar-refractivity contribution in [3.63, 3.8) is 0 Å². The van der Waals surface area contributed by atoms with E-state index < -0.39 is 5.97 Å². The van der Waals surface area contributed by atoms with Gasteiger partial charge in [-0.1, -0.05) is 29.8 Å². The van der Waals surface area contributed by atoms with Gasteiger partial charge in [-0.3, -0.25) is 5.43 Å². The highest BCUT2D eigenvalue weighted by Crippen LogP contribution is 2.20. The van der Waals surface area contributed by atoms with Crippen molar-refractivity contribution in [1.82, 2.24) is 0 Å². The van der Waals surface area contributed by atoms with Crippen molar-refractivity contribution >= 4 is 29.5 Å². The number of hydrogen-bond donors (Lipinski definition) is 1. The molecule has 3 rings (SSSR count). The first-order valence-electron chi connectivity index (χ1n) is 7.53. The number of benzene rings is 2. The van der Waals surface area contributed by atoms with Crippen LogP contribution in [0.1, 0.15) is 21.7 Å². The van der Waals surface area contributed by atoms with E-state index in [1.807, 2.05) is 25.1 Å². The summed E-state index contributed by atoms with van der Waals surface area (Å²) in [7, 11) is 0. The summed E-state index contributed by atoms with van der Waals surface area (Å²) in [6.45, 7) is 1.94.